The highest BCUT2D eigenvalue weighted by molar-refractivity contribution is 7.17. The third kappa shape index (κ3) is 2.84. The first kappa shape index (κ1) is 12.5. The van der Waals surface area contributed by atoms with Gasteiger partial charge < -0.3 is 9.64 Å². The number of Topliss-reactive ketones (excluding diaryl/α,β-unsaturated/α-hetero) is 1. The van der Waals surface area contributed by atoms with Crippen molar-refractivity contribution in [2.45, 2.75) is 20.8 Å². The van der Waals surface area contributed by atoms with E-state index in [9.17, 15) is 4.79 Å². The summed E-state index contributed by atoms with van der Waals surface area (Å²) in [6.45, 7) is 8.99. The molecule has 5 heteroatoms. The number of morpholine rings is 1. The molecule has 0 atom stereocenters. The number of carbonyl (C=O) groups is 1. The normalized spacial score (nSPS) is 17.2. The van der Waals surface area contributed by atoms with Gasteiger partial charge in [-0.1, -0.05) is 32.1 Å². The van der Waals surface area contributed by atoms with Gasteiger partial charge in [-0.15, -0.1) is 0 Å². The predicted molar refractivity (Wildman–Crippen MR) is 68.9 cm³/mol. The second-order valence-electron chi connectivity index (χ2n) is 5.19. The zero-order valence-corrected chi connectivity index (χ0v) is 11.3. The molecule has 0 aliphatic carbocycles. The van der Waals surface area contributed by atoms with Crippen LogP contribution in [-0.4, -0.2) is 37.1 Å². The molecule has 0 saturated carbocycles. The fourth-order valence-corrected chi connectivity index (χ4v) is 2.76. The van der Waals surface area contributed by atoms with E-state index < -0.39 is 0 Å². The zero-order valence-electron chi connectivity index (χ0n) is 10.5. The van der Waals surface area contributed by atoms with Crippen LogP contribution in [-0.2, 0) is 4.74 Å². The molecule has 0 bridgehead atoms. The van der Waals surface area contributed by atoms with Crippen LogP contribution in [0.2, 0.25) is 0 Å². The zero-order chi connectivity index (χ0) is 12.5. The second-order valence-corrected chi connectivity index (χ2v) is 6.19. The van der Waals surface area contributed by atoms with Gasteiger partial charge in [0.1, 0.15) is 0 Å². The summed E-state index contributed by atoms with van der Waals surface area (Å²) in [7, 11) is 0. The van der Waals surface area contributed by atoms with Crippen molar-refractivity contribution < 1.29 is 9.53 Å². The van der Waals surface area contributed by atoms with Crippen molar-refractivity contribution in [2.24, 2.45) is 5.41 Å². The second kappa shape index (κ2) is 4.74. The Morgan fingerprint density at radius 2 is 2.06 bits per heavy atom. The third-order valence-corrected chi connectivity index (χ3v) is 3.74. The van der Waals surface area contributed by atoms with E-state index in [1.54, 1.807) is 6.20 Å². The number of hydrogen-bond donors (Lipinski definition) is 0. The van der Waals surface area contributed by atoms with Crippen molar-refractivity contribution >= 4 is 22.3 Å². The van der Waals surface area contributed by atoms with E-state index in [4.69, 9.17) is 4.74 Å². The van der Waals surface area contributed by atoms with Crippen molar-refractivity contribution in [3.63, 3.8) is 0 Å². The Kier molecular flexibility index (Phi) is 3.49. The Bertz CT molecular complexity index is 403. The van der Waals surface area contributed by atoms with Gasteiger partial charge in [0.05, 0.1) is 24.3 Å². The molecule has 1 aromatic rings. The van der Waals surface area contributed by atoms with Crippen molar-refractivity contribution in [2.75, 3.05) is 31.2 Å². The summed E-state index contributed by atoms with van der Waals surface area (Å²) < 4.78 is 5.30. The highest BCUT2D eigenvalue weighted by atomic mass is 32.1. The van der Waals surface area contributed by atoms with Crippen molar-refractivity contribution in [1.82, 2.24) is 4.98 Å². The molecule has 0 spiro atoms. The summed E-state index contributed by atoms with van der Waals surface area (Å²) in [4.78, 5) is 19.4. The number of nitrogens with zero attached hydrogens (tertiary/aromatic N) is 2. The molecule has 4 nitrogen and oxygen atoms in total. The maximum absolute atomic E-state index is 12.1. The topological polar surface area (TPSA) is 42.4 Å². The van der Waals surface area contributed by atoms with Crippen molar-refractivity contribution in [3.8, 4) is 0 Å². The Morgan fingerprint density at radius 1 is 1.41 bits per heavy atom. The molecule has 1 fully saturated rings. The maximum atomic E-state index is 12.1. The highest BCUT2D eigenvalue weighted by Crippen LogP contribution is 2.29. The summed E-state index contributed by atoms with van der Waals surface area (Å²) >= 11 is 1.48. The fourth-order valence-electron chi connectivity index (χ4n) is 1.64. The van der Waals surface area contributed by atoms with Crippen LogP contribution in [0, 0.1) is 5.41 Å². The van der Waals surface area contributed by atoms with Gasteiger partial charge in [-0.05, 0) is 0 Å². The summed E-state index contributed by atoms with van der Waals surface area (Å²) in [5, 5.41) is 0.931. The number of carbonyl (C=O) groups excluding carboxylic acids is 1. The molecule has 0 aromatic carbocycles. The molecule has 0 amide bonds. The van der Waals surface area contributed by atoms with E-state index in [2.05, 4.69) is 9.88 Å². The summed E-state index contributed by atoms with van der Waals surface area (Å²) in [6.07, 6.45) is 1.70. The first-order chi connectivity index (χ1) is 7.98. The minimum Gasteiger partial charge on any atom is -0.378 e. The standard InChI is InChI=1S/C12H18N2O2S/c1-12(2,3)10(15)9-8-13-11(17-9)14-4-6-16-7-5-14/h8H,4-7H2,1-3H3. The molecule has 1 saturated heterocycles. The molecule has 1 aromatic heterocycles. The van der Waals surface area contributed by atoms with Crippen LogP contribution >= 0.6 is 11.3 Å². The Hall–Kier alpha value is -0.940. The number of ether oxygens (including phenoxy) is 1. The maximum Gasteiger partial charge on any atom is 0.186 e. The predicted octanol–water partition coefficient (Wildman–Crippen LogP) is 2.21. The Labute approximate surface area is 106 Å². The van der Waals surface area contributed by atoms with E-state index in [0.29, 0.717) is 0 Å². The molecule has 1 aliphatic heterocycles. The van der Waals surface area contributed by atoms with Crippen LogP contribution in [0.15, 0.2) is 6.20 Å². The average Bonchev–Trinajstić information content (AvgIpc) is 2.77. The number of anilines is 1. The van der Waals surface area contributed by atoms with E-state index >= 15 is 0 Å². The number of aromatic nitrogens is 1. The lowest BCUT2D eigenvalue weighted by Gasteiger charge is -2.26. The first-order valence-corrected chi connectivity index (χ1v) is 6.63. The lowest BCUT2D eigenvalue weighted by molar-refractivity contribution is 0.0862. The third-order valence-electron chi connectivity index (χ3n) is 2.68. The Balaban J connectivity index is 2.12. The number of hydrogen-bond acceptors (Lipinski definition) is 5. The van der Waals surface area contributed by atoms with Gasteiger partial charge >= 0.3 is 0 Å². The molecular formula is C12H18N2O2S. The fraction of sp³-hybridized carbons (Fsp3) is 0.667. The lowest BCUT2D eigenvalue weighted by atomic mass is 9.90. The monoisotopic (exact) mass is 254 g/mol. The van der Waals surface area contributed by atoms with E-state index in [0.717, 1.165) is 36.3 Å². The molecule has 94 valence electrons. The van der Waals surface area contributed by atoms with Gasteiger partial charge in [-0.25, -0.2) is 4.98 Å². The Morgan fingerprint density at radius 3 is 2.65 bits per heavy atom. The van der Waals surface area contributed by atoms with Crippen LogP contribution < -0.4 is 4.90 Å². The van der Waals surface area contributed by atoms with Gasteiger partial charge in [0, 0.05) is 18.5 Å². The SMILES string of the molecule is CC(C)(C)C(=O)c1cnc(N2CCOCC2)s1. The quantitative estimate of drug-likeness (QED) is 0.759. The van der Waals surface area contributed by atoms with Crippen LogP contribution in [0.5, 0.6) is 0 Å². The largest absolute Gasteiger partial charge is 0.378 e. The smallest absolute Gasteiger partial charge is 0.186 e. The van der Waals surface area contributed by atoms with Gasteiger partial charge in [-0.2, -0.15) is 0 Å². The van der Waals surface area contributed by atoms with Crippen LogP contribution in [0.3, 0.4) is 0 Å². The molecule has 2 heterocycles. The van der Waals surface area contributed by atoms with Crippen molar-refractivity contribution in [1.29, 1.82) is 0 Å². The summed E-state index contributed by atoms with van der Waals surface area (Å²) in [6, 6.07) is 0. The van der Waals surface area contributed by atoms with E-state index in [-0.39, 0.29) is 11.2 Å². The van der Waals surface area contributed by atoms with Gasteiger partial charge in [-0.3, -0.25) is 4.79 Å². The minimum atomic E-state index is -0.338. The molecule has 1 aliphatic rings. The van der Waals surface area contributed by atoms with E-state index in [1.165, 1.54) is 11.3 Å². The van der Waals surface area contributed by atoms with Crippen molar-refractivity contribution in [3.05, 3.63) is 11.1 Å². The molecule has 17 heavy (non-hydrogen) atoms. The van der Waals surface area contributed by atoms with E-state index in [1.807, 2.05) is 20.8 Å². The van der Waals surface area contributed by atoms with Crippen LogP contribution in [0.25, 0.3) is 0 Å². The number of ketones is 1. The van der Waals surface area contributed by atoms with Gasteiger partial charge in [0.15, 0.2) is 10.9 Å². The average molecular weight is 254 g/mol. The summed E-state index contributed by atoms with van der Waals surface area (Å²) in [5.41, 5.74) is -0.338. The number of rotatable bonds is 2. The molecule has 0 radical (unpaired) electrons. The summed E-state index contributed by atoms with van der Waals surface area (Å²) in [5.74, 6) is 0.162. The highest BCUT2D eigenvalue weighted by Gasteiger charge is 2.26. The van der Waals surface area contributed by atoms with Gasteiger partial charge in [0.25, 0.3) is 0 Å². The first-order valence-electron chi connectivity index (χ1n) is 5.82. The number of thiazole rings is 1. The van der Waals surface area contributed by atoms with Crippen LogP contribution in [0.1, 0.15) is 30.4 Å². The molecule has 0 unspecified atom stereocenters. The molecule has 2 rings (SSSR count). The molecular weight excluding hydrogens is 236 g/mol. The van der Waals surface area contributed by atoms with Gasteiger partial charge in [0.2, 0.25) is 0 Å². The molecule has 0 N–H and O–H groups in total. The minimum absolute atomic E-state index is 0.162. The van der Waals surface area contributed by atoms with Crippen LogP contribution in [0.4, 0.5) is 5.13 Å². The lowest BCUT2D eigenvalue weighted by Crippen LogP contribution is -2.36.